The molecule has 58 heavy (non-hydrogen) atoms. The van der Waals surface area contributed by atoms with E-state index in [4.69, 9.17) is 4.74 Å². The predicted octanol–water partition coefficient (Wildman–Crippen LogP) is 6.74. The number of unbranched alkanes of at least 4 members (excludes halogenated alkanes) is 1. The zero-order valence-corrected chi connectivity index (χ0v) is 34.9. The number of ether oxygens (including phenoxy) is 1. The van der Waals surface area contributed by atoms with Crippen molar-refractivity contribution in [2.24, 2.45) is 11.8 Å². The number of rotatable bonds is 21. The monoisotopic (exact) mass is 793 g/mol. The Hall–Kier alpha value is -4.97. The number of carbonyl (C=O) groups excluding carboxylic acids is 3. The molecule has 2 aromatic carbocycles. The van der Waals surface area contributed by atoms with Gasteiger partial charge >= 0.3 is 0 Å². The van der Waals surface area contributed by atoms with Gasteiger partial charge in [-0.25, -0.2) is 0 Å². The normalized spacial score (nSPS) is 20.3. The van der Waals surface area contributed by atoms with E-state index in [2.05, 4.69) is 64.0 Å². The van der Waals surface area contributed by atoms with Crippen LogP contribution in [0.5, 0.6) is 5.75 Å². The Balaban J connectivity index is 1.32. The first-order chi connectivity index (χ1) is 28.0. The molecule has 0 saturated heterocycles. The fourth-order valence-electron chi connectivity index (χ4n) is 8.06. The third-order valence-electron chi connectivity index (χ3n) is 11.4. The molecule has 3 amide bonds. The van der Waals surface area contributed by atoms with Crippen LogP contribution in [-0.4, -0.2) is 88.9 Å². The molecule has 6 N–H and O–H groups in total. The van der Waals surface area contributed by atoms with E-state index in [1.165, 1.54) is 5.56 Å². The Morgan fingerprint density at radius 3 is 2.53 bits per heavy atom. The number of aromatic amines is 1. The average Bonchev–Trinajstić information content (AvgIpc) is 3.78. The lowest BCUT2D eigenvalue weighted by Crippen LogP contribution is -2.35. The van der Waals surface area contributed by atoms with E-state index in [1.54, 1.807) is 6.08 Å². The van der Waals surface area contributed by atoms with Crippen LogP contribution >= 0.6 is 0 Å². The number of benzene rings is 2. The van der Waals surface area contributed by atoms with Gasteiger partial charge in [-0.2, -0.15) is 0 Å². The summed E-state index contributed by atoms with van der Waals surface area (Å²) < 4.78 is 6.66. The van der Waals surface area contributed by atoms with Crippen LogP contribution in [0, 0.1) is 25.7 Å². The smallest absolute Gasteiger partial charge is 0.256 e. The van der Waals surface area contributed by atoms with E-state index in [-0.39, 0.29) is 35.7 Å². The lowest BCUT2D eigenvalue weighted by molar-refractivity contribution is -0.121. The largest absolute Gasteiger partial charge is 0.486 e. The van der Waals surface area contributed by atoms with Gasteiger partial charge in [0.2, 0.25) is 5.91 Å². The van der Waals surface area contributed by atoms with E-state index >= 15 is 0 Å². The number of carbonyl (C=O) groups is 3. The molecule has 0 radical (unpaired) electrons. The SMILES string of the molecule is CCNC(=O)CCC/C=C\C[C@@H]1[C@@H](/C=C/C(CCc2ccccc2)Oc2ccc3c(c2)/C(=C/c2[nH]c(C)c(C(=O)NCCN(CC)CC)c2C)C(=O)N3)[C@H](O)C[C@@H]1O. The van der Waals surface area contributed by atoms with Crippen LogP contribution in [0.1, 0.15) is 97.7 Å². The third-order valence-corrected chi connectivity index (χ3v) is 11.4. The second-order valence-corrected chi connectivity index (χ2v) is 15.4. The number of fused-ring (bicyclic) bond motifs is 1. The molecule has 1 aromatic heterocycles. The quantitative estimate of drug-likeness (QED) is 0.0397. The van der Waals surface area contributed by atoms with Gasteiger partial charge in [-0.15, -0.1) is 0 Å². The summed E-state index contributed by atoms with van der Waals surface area (Å²) in [4.78, 5) is 43.9. The van der Waals surface area contributed by atoms with Crippen molar-refractivity contribution in [2.75, 3.05) is 38.0 Å². The second-order valence-electron chi connectivity index (χ2n) is 15.4. The number of hydrogen-bond donors (Lipinski definition) is 6. The molecule has 1 aliphatic heterocycles. The molecule has 11 heteroatoms. The number of aryl methyl sites for hydroxylation is 2. The number of anilines is 1. The zero-order valence-electron chi connectivity index (χ0n) is 34.9. The summed E-state index contributed by atoms with van der Waals surface area (Å²) in [7, 11) is 0. The van der Waals surface area contributed by atoms with Gasteiger partial charge in [0.1, 0.15) is 11.9 Å². The van der Waals surface area contributed by atoms with Crippen molar-refractivity contribution in [3.8, 4) is 5.75 Å². The molecule has 0 spiro atoms. The maximum absolute atomic E-state index is 13.3. The molecule has 1 fully saturated rings. The number of nitrogens with zero attached hydrogens (tertiary/aromatic N) is 1. The topological polar surface area (TPSA) is 156 Å². The highest BCUT2D eigenvalue weighted by molar-refractivity contribution is 6.35. The van der Waals surface area contributed by atoms with Crippen molar-refractivity contribution in [3.05, 3.63) is 106 Å². The van der Waals surface area contributed by atoms with Gasteiger partial charge < -0.3 is 40.8 Å². The Morgan fingerprint density at radius 1 is 1.02 bits per heavy atom. The van der Waals surface area contributed by atoms with Gasteiger partial charge in [-0.3, -0.25) is 14.4 Å². The molecule has 1 unspecified atom stereocenters. The van der Waals surface area contributed by atoms with E-state index < -0.39 is 12.2 Å². The Bertz CT molecular complexity index is 1930. The van der Waals surface area contributed by atoms with Gasteiger partial charge in [-0.05, 0) is 113 Å². The molecular weight excluding hydrogens is 731 g/mol. The summed E-state index contributed by atoms with van der Waals surface area (Å²) in [6.45, 7) is 13.7. The molecule has 0 bridgehead atoms. The van der Waals surface area contributed by atoms with Crippen LogP contribution in [0.3, 0.4) is 0 Å². The standard InChI is InChI=1S/C47H63N5O6/c1-6-48-44(55)19-15-10-9-14-18-36-37(43(54)30-42(36)53)24-22-34(21-20-33-16-12-11-13-17-33)58-35-23-25-40-38(28-35)39(46(56)51-40)29-41-31(4)45(32(5)50-41)47(57)49-26-27-52(7-2)8-3/h9,11-14,16-17,22-25,28-29,34,36-37,42-43,50,53-54H,6-8,10,15,18-21,26-27,30H2,1-5H3,(H,48,55)(H,49,57)(H,51,56)/b14-9-,24-22+,39-29-/t34?,36-,37-,42+,43-/m1/s1. The minimum Gasteiger partial charge on any atom is -0.486 e. The number of nitrogens with one attached hydrogen (secondary N) is 4. The molecular formula is C47H63N5O6. The van der Waals surface area contributed by atoms with E-state index in [9.17, 15) is 24.6 Å². The predicted molar refractivity (Wildman–Crippen MR) is 232 cm³/mol. The molecule has 312 valence electrons. The molecule has 1 aliphatic carbocycles. The van der Waals surface area contributed by atoms with E-state index in [0.717, 1.165) is 50.2 Å². The van der Waals surface area contributed by atoms with Crippen molar-refractivity contribution < 1.29 is 29.3 Å². The minimum atomic E-state index is -0.680. The van der Waals surface area contributed by atoms with E-state index in [0.29, 0.717) is 72.6 Å². The minimum absolute atomic E-state index is 0.0565. The lowest BCUT2D eigenvalue weighted by Gasteiger charge is -2.21. The summed E-state index contributed by atoms with van der Waals surface area (Å²) in [6, 6.07) is 15.8. The van der Waals surface area contributed by atoms with Crippen LogP contribution in [0.25, 0.3) is 11.6 Å². The number of aliphatic hydroxyl groups excluding tert-OH is 2. The second kappa shape index (κ2) is 21.7. The molecule has 5 rings (SSSR count). The van der Waals surface area contributed by atoms with Crippen LogP contribution < -0.4 is 20.7 Å². The number of hydrogen-bond acceptors (Lipinski definition) is 7. The van der Waals surface area contributed by atoms with E-state index in [1.807, 2.05) is 69.3 Å². The number of amides is 3. The zero-order chi connectivity index (χ0) is 41.6. The summed E-state index contributed by atoms with van der Waals surface area (Å²) in [5.74, 6) is -0.130. The number of allylic oxidation sites excluding steroid dienone is 2. The van der Waals surface area contributed by atoms with Crippen molar-refractivity contribution in [1.82, 2.24) is 20.5 Å². The van der Waals surface area contributed by atoms with Crippen LogP contribution in [-0.2, 0) is 16.0 Å². The summed E-state index contributed by atoms with van der Waals surface area (Å²) >= 11 is 0. The van der Waals surface area contributed by atoms with Crippen molar-refractivity contribution in [3.63, 3.8) is 0 Å². The molecule has 5 atom stereocenters. The highest BCUT2D eigenvalue weighted by Crippen LogP contribution is 2.38. The van der Waals surface area contributed by atoms with Gasteiger partial charge in [0.15, 0.2) is 0 Å². The first-order valence-corrected chi connectivity index (χ1v) is 21.1. The van der Waals surface area contributed by atoms with Crippen molar-refractivity contribution in [2.45, 2.75) is 97.9 Å². The van der Waals surface area contributed by atoms with Gasteiger partial charge in [0, 0.05) is 61.0 Å². The molecule has 2 heterocycles. The first kappa shape index (κ1) is 44.1. The van der Waals surface area contributed by atoms with Crippen molar-refractivity contribution in [1.29, 1.82) is 0 Å². The number of H-pyrrole nitrogens is 1. The molecule has 1 saturated carbocycles. The molecule has 3 aromatic rings. The van der Waals surface area contributed by atoms with Gasteiger partial charge in [-0.1, -0.05) is 62.4 Å². The summed E-state index contributed by atoms with van der Waals surface area (Å²) in [6.07, 6.45) is 12.6. The number of aliphatic hydroxyl groups is 2. The fraction of sp³-hybridized carbons (Fsp3) is 0.468. The van der Waals surface area contributed by atoms with Crippen LogP contribution in [0.15, 0.2) is 72.8 Å². The Kier molecular flexibility index (Phi) is 16.5. The highest BCUT2D eigenvalue weighted by Gasteiger charge is 2.39. The molecule has 11 nitrogen and oxygen atoms in total. The number of aromatic nitrogens is 1. The number of likely N-dealkylation sites (N-methyl/N-ethyl adjacent to an activating group) is 1. The summed E-state index contributed by atoms with van der Waals surface area (Å²) in [5.41, 5.74) is 5.82. The van der Waals surface area contributed by atoms with Crippen molar-refractivity contribution >= 4 is 35.1 Å². The highest BCUT2D eigenvalue weighted by atomic mass is 16.5. The van der Waals surface area contributed by atoms with Crippen LogP contribution in [0.2, 0.25) is 0 Å². The fourth-order valence-corrected chi connectivity index (χ4v) is 8.06. The van der Waals surface area contributed by atoms with Crippen LogP contribution in [0.4, 0.5) is 5.69 Å². The first-order valence-electron chi connectivity index (χ1n) is 21.1. The average molecular weight is 794 g/mol. The Labute approximate surface area is 344 Å². The van der Waals surface area contributed by atoms with Gasteiger partial charge in [0.05, 0.1) is 23.3 Å². The maximum Gasteiger partial charge on any atom is 0.256 e. The molecule has 2 aliphatic rings. The van der Waals surface area contributed by atoms with Gasteiger partial charge in [0.25, 0.3) is 11.8 Å². The maximum atomic E-state index is 13.3. The Morgan fingerprint density at radius 2 is 1.79 bits per heavy atom. The lowest BCUT2D eigenvalue weighted by atomic mass is 9.89. The summed E-state index contributed by atoms with van der Waals surface area (Å²) in [5, 5.41) is 30.8. The third kappa shape index (κ3) is 11.8.